The van der Waals surface area contributed by atoms with E-state index >= 15 is 0 Å². The summed E-state index contributed by atoms with van der Waals surface area (Å²) < 4.78 is 14.9. The van der Waals surface area contributed by atoms with Crippen LogP contribution in [0.4, 0.5) is 4.39 Å². The first-order chi connectivity index (χ1) is 14.9. The number of aliphatic hydroxyl groups excluding tert-OH is 1. The molecule has 6 nitrogen and oxygen atoms in total. The van der Waals surface area contributed by atoms with Crippen molar-refractivity contribution in [1.82, 2.24) is 14.8 Å². The van der Waals surface area contributed by atoms with Crippen molar-refractivity contribution in [3.8, 4) is 11.1 Å². The molecule has 1 aliphatic heterocycles. The fraction of sp³-hybridized carbons (Fsp3) is 0.333. The first kappa shape index (κ1) is 20.1. The average Bonchev–Trinajstić information content (AvgIpc) is 3.56. The van der Waals surface area contributed by atoms with Gasteiger partial charge in [0.2, 0.25) is 0 Å². The van der Waals surface area contributed by atoms with Gasteiger partial charge in [-0.3, -0.25) is 14.7 Å². The summed E-state index contributed by atoms with van der Waals surface area (Å²) in [6, 6.07) is 13.9. The molecule has 0 bridgehead atoms. The number of fused-ring (bicyclic) bond motifs is 1. The minimum absolute atomic E-state index is 0.229. The second-order valence-corrected chi connectivity index (χ2v) is 8.41. The van der Waals surface area contributed by atoms with Crippen LogP contribution in [-0.4, -0.2) is 68.9 Å². The second kappa shape index (κ2) is 7.67. The Labute approximate surface area is 179 Å². The zero-order chi connectivity index (χ0) is 21.6. The van der Waals surface area contributed by atoms with E-state index in [1.807, 2.05) is 30.3 Å². The molecular weight excluding hydrogens is 397 g/mol. The van der Waals surface area contributed by atoms with Gasteiger partial charge in [-0.25, -0.2) is 4.39 Å². The van der Waals surface area contributed by atoms with Crippen LogP contribution in [0, 0.1) is 5.82 Å². The number of carbonyl (C=O) groups is 1. The Morgan fingerprint density at radius 3 is 2.55 bits per heavy atom. The summed E-state index contributed by atoms with van der Waals surface area (Å²) in [7, 11) is 0. The summed E-state index contributed by atoms with van der Waals surface area (Å²) in [6.07, 6.45) is 2.04. The van der Waals surface area contributed by atoms with Crippen molar-refractivity contribution in [3.63, 3.8) is 0 Å². The summed E-state index contributed by atoms with van der Waals surface area (Å²) in [4.78, 5) is 20.6. The van der Waals surface area contributed by atoms with Gasteiger partial charge in [0, 0.05) is 48.9 Å². The highest BCUT2D eigenvalue weighted by molar-refractivity contribution is 5.95. The summed E-state index contributed by atoms with van der Waals surface area (Å²) in [5, 5.41) is 21.3. The predicted molar refractivity (Wildman–Crippen MR) is 115 cm³/mol. The van der Waals surface area contributed by atoms with E-state index in [-0.39, 0.29) is 5.91 Å². The van der Waals surface area contributed by atoms with Gasteiger partial charge in [-0.05, 0) is 48.7 Å². The van der Waals surface area contributed by atoms with Crippen molar-refractivity contribution < 1.29 is 19.4 Å². The fourth-order valence-electron chi connectivity index (χ4n) is 4.20. The summed E-state index contributed by atoms with van der Waals surface area (Å²) in [5.41, 5.74) is 1.32. The van der Waals surface area contributed by atoms with Crippen molar-refractivity contribution >= 4 is 16.8 Å². The van der Waals surface area contributed by atoms with Crippen LogP contribution in [0.5, 0.6) is 0 Å². The molecule has 2 heterocycles. The maximum absolute atomic E-state index is 14.9. The highest BCUT2D eigenvalue weighted by Gasteiger charge is 2.50. The molecule has 2 aromatic carbocycles. The summed E-state index contributed by atoms with van der Waals surface area (Å²) >= 11 is 0. The molecule has 2 aliphatic rings. The van der Waals surface area contributed by atoms with Gasteiger partial charge >= 0.3 is 0 Å². The lowest BCUT2D eigenvalue weighted by Crippen LogP contribution is -2.55. The number of hydrogen-bond donors (Lipinski definition) is 2. The molecule has 0 spiro atoms. The van der Waals surface area contributed by atoms with Crippen molar-refractivity contribution in [2.45, 2.75) is 24.7 Å². The summed E-state index contributed by atoms with van der Waals surface area (Å²) in [5.74, 6) is -0.675. The number of rotatable bonds is 4. The van der Waals surface area contributed by atoms with Crippen LogP contribution < -0.4 is 0 Å². The molecule has 3 aromatic rings. The van der Waals surface area contributed by atoms with Gasteiger partial charge in [0.25, 0.3) is 5.91 Å². The number of benzene rings is 2. The molecule has 1 saturated carbocycles. The highest BCUT2D eigenvalue weighted by atomic mass is 19.1. The molecule has 5 rings (SSSR count). The van der Waals surface area contributed by atoms with Crippen molar-refractivity contribution in [3.05, 3.63) is 66.1 Å². The van der Waals surface area contributed by atoms with Crippen LogP contribution in [-0.2, 0) is 0 Å². The van der Waals surface area contributed by atoms with E-state index in [1.54, 1.807) is 28.1 Å². The Bertz CT molecular complexity index is 1140. The van der Waals surface area contributed by atoms with E-state index in [2.05, 4.69) is 4.98 Å². The third-order valence-corrected chi connectivity index (χ3v) is 6.32. The zero-order valence-corrected chi connectivity index (χ0v) is 17.0. The molecule has 2 N–H and O–H groups in total. The molecule has 1 aromatic heterocycles. The third kappa shape index (κ3) is 3.80. The Morgan fingerprint density at radius 2 is 1.84 bits per heavy atom. The Hall–Kier alpha value is -2.87. The zero-order valence-electron chi connectivity index (χ0n) is 17.0. The molecule has 2 fully saturated rings. The minimum Gasteiger partial charge on any atom is -0.386 e. The van der Waals surface area contributed by atoms with Gasteiger partial charge in [0.05, 0.1) is 5.52 Å². The largest absolute Gasteiger partial charge is 0.386 e. The Kier molecular flexibility index (Phi) is 4.97. The fourth-order valence-corrected chi connectivity index (χ4v) is 4.20. The van der Waals surface area contributed by atoms with E-state index in [0.29, 0.717) is 50.1 Å². The standard InChI is InChI=1S/C24H24FN3O3/c25-20-15-18(3-5-19(20)16-4-6-21-17(14-16)2-1-9-26-21)22(29)27-10-12-28(13-11-27)23(30)24(31)7-8-24/h1-6,9,14-15,23,30-31H,7-8,10-13H2. The monoisotopic (exact) mass is 421 g/mol. The molecular formula is C24H24FN3O3. The van der Waals surface area contributed by atoms with E-state index in [9.17, 15) is 19.4 Å². The van der Waals surface area contributed by atoms with Crippen molar-refractivity contribution in [2.24, 2.45) is 0 Å². The molecule has 0 radical (unpaired) electrons. The highest BCUT2D eigenvalue weighted by Crippen LogP contribution is 2.39. The number of nitrogens with zero attached hydrogens (tertiary/aromatic N) is 3. The van der Waals surface area contributed by atoms with Crippen LogP contribution in [0.3, 0.4) is 0 Å². The van der Waals surface area contributed by atoms with E-state index in [4.69, 9.17) is 0 Å². The molecule has 1 saturated heterocycles. The van der Waals surface area contributed by atoms with Gasteiger partial charge in [-0.15, -0.1) is 0 Å². The lowest BCUT2D eigenvalue weighted by Gasteiger charge is -2.38. The van der Waals surface area contributed by atoms with Gasteiger partial charge in [0.1, 0.15) is 17.6 Å². The van der Waals surface area contributed by atoms with Crippen molar-refractivity contribution in [2.75, 3.05) is 26.2 Å². The van der Waals surface area contributed by atoms with Crippen LogP contribution in [0.15, 0.2) is 54.7 Å². The maximum Gasteiger partial charge on any atom is 0.254 e. The van der Waals surface area contributed by atoms with Crippen molar-refractivity contribution in [1.29, 1.82) is 0 Å². The number of amides is 1. The number of piperazine rings is 1. The molecule has 1 aliphatic carbocycles. The van der Waals surface area contributed by atoms with Gasteiger partial charge in [0.15, 0.2) is 0 Å². The first-order valence-electron chi connectivity index (χ1n) is 10.5. The van der Waals surface area contributed by atoms with Crippen LogP contribution >= 0.6 is 0 Å². The van der Waals surface area contributed by atoms with Gasteiger partial charge in [-0.2, -0.15) is 0 Å². The average molecular weight is 421 g/mol. The smallest absolute Gasteiger partial charge is 0.254 e. The van der Waals surface area contributed by atoms with Gasteiger partial charge < -0.3 is 15.1 Å². The molecule has 31 heavy (non-hydrogen) atoms. The first-order valence-corrected chi connectivity index (χ1v) is 10.5. The topological polar surface area (TPSA) is 76.9 Å². The quantitative estimate of drug-likeness (QED) is 0.677. The lowest BCUT2D eigenvalue weighted by atomic mass is 10.0. The van der Waals surface area contributed by atoms with Crippen LogP contribution in [0.25, 0.3) is 22.0 Å². The number of aromatic nitrogens is 1. The van der Waals surface area contributed by atoms with Crippen LogP contribution in [0.2, 0.25) is 0 Å². The number of aliphatic hydroxyl groups is 2. The third-order valence-electron chi connectivity index (χ3n) is 6.32. The minimum atomic E-state index is -0.996. The van der Waals surface area contributed by atoms with E-state index in [0.717, 1.165) is 16.5 Å². The number of pyridine rings is 1. The van der Waals surface area contributed by atoms with Gasteiger partial charge in [-0.1, -0.05) is 18.2 Å². The number of hydrogen-bond acceptors (Lipinski definition) is 5. The second-order valence-electron chi connectivity index (χ2n) is 8.41. The summed E-state index contributed by atoms with van der Waals surface area (Å²) in [6.45, 7) is 1.79. The lowest BCUT2D eigenvalue weighted by molar-refractivity contribution is -0.108. The number of carbonyl (C=O) groups excluding carboxylic acids is 1. The van der Waals surface area contributed by atoms with E-state index < -0.39 is 17.6 Å². The van der Waals surface area contributed by atoms with Crippen LogP contribution in [0.1, 0.15) is 23.2 Å². The maximum atomic E-state index is 14.9. The Morgan fingerprint density at radius 1 is 1.06 bits per heavy atom. The molecule has 1 atom stereocenters. The molecule has 160 valence electrons. The molecule has 1 amide bonds. The van der Waals surface area contributed by atoms with E-state index in [1.165, 1.54) is 6.07 Å². The SMILES string of the molecule is O=C(c1ccc(-c2ccc3ncccc3c2)c(F)c1)N1CCN(C(O)C2(O)CC2)CC1. The number of halogens is 1. The predicted octanol–water partition coefficient (Wildman–Crippen LogP) is 2.64. The normalized spacial score (nSPS) is 19.4. The molecule has 7 heteroatoms. The molecule has 1 unspecified atom stereocenters. The Balaban J connectivity index is 1.30.